The quantitative estimate of drug-likeness (QED) is 0.840. The van der Waals surface area contributed by atoms with Gasteiger partial charge in [0.25, 0.3) is 0 Å². The fourth-order valence-corrected chi connectivity index (χ4v) is 3.06. The van der Waals surface area contributed by atoms with Crippen LogP contribution in [0.25, 0.3) is 0 Å². The molecule has 1 N–H and O–H groups in total. The molecule has 2 aliphatic rings. The molecular formula is C15H20FN. The van der Waals surface area contributed by atoms with Crippen molar-refractivity contribution in [3.8, 4) is 0 Å². The molecule has 0 unspecified atom stereocenters. The Morgan fingerprint density at radius 1 is 1.24 bits per heavy atom. The lowest BCUT2D eigenvalue weighted by Crippen LogP contribution is -2.37. The second kappa shape index (κ2) is 4.41. The minimum absolute atomic E-state index is 0.0970. The third kappa shape index (κ3) is 2.37. The van der Waals surface area contributed by atoms with Crippen molar-refractivity contribution in [2.45, 2.75) is 50.0 Å². The normalized spacial score (nSPS) is 22.9. The van der Waals surface area contributed by atoms with Crippen LogP contribution >= 0.6 is 0 Å². The lowest BCUT2D eigenvalue weighted by Gasteiger charge is -2.30. The second-order valence-corrected chi connectivity index (χ2v) is 5.65. The van der Waals surface area contributed by atoms with Gasteiger partial charge in [-0.05, 0) is 43.4 Å². The van der Waals surface area contributed by atoms with E-state index in [-0.39, 0.29) is 11.2 Å². The SMILES string of the molecule is Fc1cccc(C2(CNC3CC3)CCCC2)c1. The van der Waals surface area contributed by atoms with Gasteiger partial charge in [-0.15, -0.1) is 0 Å². The molecule has 0 saturated heterocycles. The topological polar surface area (TPSA) is 12.0 Å². The molecular weight excluding hydrogens is 213 g/mol. The summed E-state index contributed by atoms with van der Waals surface area (Å²) in [6.45, 7) is 1.03. The van der Waals surface area contributed by atoms with E-state index in [9.17, 15) is 4.39 Å². The van der Waals surface area contributed by atoms with Gasteiger partial charge in [0.2, 0.25) is 0 Å². The maximum absolute atomic E-state index is 13.4. The van der Waals surface area contributed by atoms with Crippen molar-refractivity contribution in [1.29, 1.82) is 0 Å². The molecule has 17 heavy (non-hydrogen) atoms. The summed E-state index contributed by atoms with van der Waals surface area (Å²) < 4.78 is 13.4. The Hall–Kier alpha value is -0.890. The summed E-state index contributed by atoms with van der Waals surface area (Å²) in [4.78, 5) is 0. The van der Waals surface area contributed by atoms with E-state index in [1.807, 2.05) is 6.07 Å². The standard InChI is InChI=1S/C15H20FN/c16-13-5-3-4-12(10-13)15(8-1-2-9-15)11-17-14-6-7-14/h3-5,10,14,17H,1-2,6-9,11H2. The van der Waals surface area contributed by atoms with Gasteiger partial charge in [0, 0.05) is 18.0 Å². The Bertz CT molecular complexity index is 392. The van der Waals surface area contributed by atoms with Crippen LogP contribution in [0.3, 0.4) is 0 Å². The number of rotatable bonds is 4. The molecule has 0 aliphatic heterocycles. The van der Waals surface area contributed by atoms with Gasteiger partial charge in [-0.1, -0.05) is 25.0 Å². The van der Waals surface area contributed by atoms with Crippen molar-refractivity contribution in [2.24, 2.45) is 0 Å². The zero-order valence-electron chi connectivity index (χ0n) is 10.2. The predicted molar refractivity (Wildman–Crippen MR) is 67.6 cm³/mol. The van der Waals surface area contributed by atoms with Crippen molar-refractivity contribution in [2.75, 3.05) is 6.54 Å². The molecule has 0 atom stereocenters. The first-order valence-corrected chi connectivity index (χ1v) is 6.78. The van der Waals surface area contributed by atoms with E-state index < -0.39 is 0 Å². The largest absolute Gasteiger partial charge is 0.313 e. The molecule has 0 bridgehead atoms. The lowest BCUT2D eigenvalue weighted by atomic mass is 9.78. The predicted octanol–water partition coefficient (Wildman–Crippen LogP) is 3.39. The maximum atomic E-state index is 13.4. The summed E-state index contributed by atoms with van der Waals surface area (Å²) in [7, 11) is 0. The smallest absolute Gasteiger partial charge is 0.123 e. The molecule has 1 aromatic carbocycles. The van der Waals surface area contributed by atoms with E-state index in [2.05, 4.69) is 11.4 Å². The molecule has 2 saturated carbocycles. The Morgan fingerprint density at radius 2 is 2.00 bits per heavy atom. The number of benzene rings is 1. The third-order valence-electron chi connectivity index (χ3n) is 4.30. The summed E-state index contributed by atoms with van der Waals surface area (Å²) in [5, 5.41) is 3.63. The molecule has 0 aromatic heterocycles. The molecule has 0 radical (unpaired) electrons. The summed E-state index contributed by atoms with van der Waals surface area (Å²) in [5.74, 6) is -0.0970. The summed E-state index contributed by atoms with van der Waals surface area (Å²) in [6.07, 6.45) is 7.61. The summed E-state index contributed by atoms with van der Waals surface area (Å²) in [5.41, 5.74) is 1.40. The fraction of sp³-hybridized carbons (Fsp3) is 0.600. The van der Waals surface area contributed by atoms with Crippen LogP contribution in [0.1, 0.15) is 44.1 Å². The molecule has 1 nitrogen and oxygen atoms in total. The van der Waals surface area contributed by atoms with Crippen molar-refractivity contribution in [3.05, 3.63) is 35.6 Å². The number of hydrogen-bond acceptors (Lipinski definition) is 1. The Balaban J connectivity index is 1.81. The zero-order chi connectivity index (χ0) is 11.7. The zero-order valence-corrected chi connectivity index (χ0v) is 10.2. The maximum Gasteiger partial charge on any atom is 0.123 e. The van der Waals surface area contributed by atoms with E-state index in [4.69, 9.17) is 0 Å². The van der Waals surface area contributed by atoms with E-state index in [0.29, 0.717) is 0 Å². The van der Waals surface area contributed by atoms with Crippen LogP contribution in [0.4, 0.5) is 4.39 Å². The van der Waals surface area contributed by atoms with Crippen LogP contribution in [0.2, 0.25) is 0 Å². The van der Waals surface area contributed by atoms with Crippen molar-refractivity contribution in [3.63, 3.8) is 0 Å². The molecule has 3 rings (SSSR count). The Kier molecular flexibility index (Phi) is 2.91. The summed E-state index contributed by atoms with van der Waals surface area (Å²) in [6, 6.07) is 7.96. The first-order valence-electron chi connectivity index (χ1n) is 6.78. The third-order valence-corrected chi connectivity index (χ3v) is 4.30. The van der Waals surface area contributed by atoms with Crippen LogP contribution < -0.4 is 5.32 Å². The van der Waals surface area contributed by atoms with Crippen molar-refractivity contribution >= 4 is 0 Å². The van der Waals surface area contributed by atoms with Crippen LogP contribution in [0.15, 0.2) is 24.3 Å². The molecule has 1 aromatic rings. The van der Waals surface area contributed by atoms with Crippen LogP contribution in [-0.2, 0) is 5.41 Å². The molecule has 2 aliphatic carbocycles. The van der Waals surface area contributed by atoms with E-state index in [0.717, 1.165) is 12.6 Å². The number of hydrogen-bond donors (Lipinski definition) is 1. The van der Waals surface area contributed by atoms with E-state index >= 15 is 0 Å². The van der Waals surface area contributed by atoms with Gasteiger partial charge in [0.15, 0.2) is 0 Å². The van der Waals surface area contributed by atoms with Gasteiger partial charge in [-0.25, -0.2) is 4.39 Å². The highest BCUT2D eigenvalue weighted by atomic mass is 19.1. The van der Waals surface area contributed by atoms with Gasteiger partial charge in [-0.3, -0.25) is 0 Å². The molecule has 0 heterocycles. The highest BCUT2D eigenvalue weighted by molar-refractivity contribution is 5.28. The molecule has 0 amide bonds. The van der Waals surface area contributed by atoms with Crippen molar-refractivity contribution < 1.29 is 4.39 Å². The molecule has 2 heteroatoms. The monoisotopic (exact) mass is 233 g/mol. The van der Waals surface area contributed by atoms with E-state index in [1.54, 1.807) is 12.1 Å². The Morgan fingerprint density at radius 3 is 2.65 bits per heavy atom. The molecule has 0 spiro atoms. The number of halogens is 1. The van der Waals surface area contributed by atoms with Crippen LogP contribution in [-0.4, -0.2) is 12.6 Å². The fourth-order valence-electron chi connectivity index (χ4n) is 3.06. The van der Waals surface area contributed by atoms with Gasteiger partial charge in [-0.2, -0.15) is 0 Å². The lowest BCUT2D eigenvalue weighted by molar-refractivity contribution is 0.401. The van der Waals surface area contributed by atoms with Gasteiger partial charge in [0.1, 0.15) is 5.82 Å². The second-order valence-electron chi connectivity index (χ2n) is 5.65. The van der Waals surface area contributed by atoms with Gasteiger partial charge in [0.05, 0.1) is 0 Å². The number of nitrogens with one attached hydrogen (secondary N) is 1. The highest BCUT2D eigenvalue weighted by Crippen LogP contribution is 2.41. The molecule has 2 fully saturated rings. The van der Waals surface area contributed by atoms with Crippen molar-refractivity contribution in [1.82, 2.24) is 5.32 Å². The highest BCUT2D eigenvalue weighted by Gasteiger charge is 2.37. The first kappa shape index (κ1) is 11.2. The molecule has 92 valence electrons. The minimum Gasteiger partial charge on any atom is -0.313 e. The summed E-state index contributed by atoms with van der Waals surface area (Å²) >= 11 is 0. The minimum atomic E-state index is -0.0970. The average molecular weight is 233 g/mol. The first-order chi connectivity index (χ1) is 8.28. The average Bonchev–Trinajstić information content (AvgIpc) is 3.04. The van der Waals surface area contributed by atoms with Crippen LogP contribution in [0, 0.1) is 5.82 Å². The van der Waals surface area contributed by atoms with Gasteiger partial charge < -0.3 is 5.32 Å². The van der Waals surface area contributed by atoms with E-state index in [1.165, 1.54) is 44.1 Å². The van der Waals surface area contributed by atoms with Crippen LogP contribution in [0.5, 0.6) is 0 Å². The van der Waals surface area contributed by atoms with Gasteiger partial charge >= 0.3 is 0 Å². The Labute approximate surface area is 102 Å².